The highest BCUT2D eigenvalue weighted by Crippen LogP contribution is 2.29. The van der Waals surface area contributed by atoms with Crippen molar-refractivity contribution in [2.45, 2.75) is 50.8 Å². The van der Waals surface area contributed by atoms with Crippen molar-refractivity contribution < 1.29 is 14.3 Å². The molecule has 1 N–H and O–H groups in total. The summed E-state index contributed by atoms with van der Waals surface area (Å²) in [6.45, 7) is 8.82. The van der Waals surface area contributed by atoms with Crippen molar-refractivity contribution in [3.05, 3.63) is 60.4 Å². The van der Waals surface area contributed by atoms with Gasteiger partial charge in [-0.15, -0.1) is 10.2 Å². The predicted octanol–water partition coefficient (Wildman–Crippen LogP) is 5.20. The van der Waals surface area contributed by atoms with Gasteiger partial charge >= 0.3 is 0 Å². The molecule has 0 fully saturated rings. The lowest BCUT2D eigenvalue weighted by atomic mass is 10.2. The number of benzene rings is 2. The number of aromatic nitrogens is 3. The maximum Gasteiger partial charge on any atom is 0.237 e. The van der Waals surface area contributed by atoms with E-state index in [4.69, 9.17) is 9.47 Å². The van der Waals surface area contributed by atoms with Crippen LogP contribution in [0.5, 0.6) is 11.5 Å². The second kappa shape index (κ2) is 11.0. The standard InChI is InChI=1S/C24H30N4O3S/c1-16(2)15-28-22(17(3)31-21-13-11-20(30-5)12-14-21)26-27-24(28)32-18(4)23(29)25-19-9-7-6-8-10-19/h6-14,16-18H,15H2,1-5H3,(H,25,29). The molecule has 1 heterocycles. The molecule has 2 atom stereocenters. The molecule has 3 rings (SSSR count). The van der Waals surface area contributed by atoms with Crippen LogP contribution in [0.4, 0.5) is 5.69 Å². The molecule has 8 heteroatoms. The second-order valence-electron chi connectivity index (χ2n) is 7.90. The zero-order valence-corrected chi connectivity index (χ0v) is 19.9. The van der Waals surface area contributed by atoms with Crippen molar-refractivity contribution in [3.63, 3.8) is 0 Å². The number of carbonyl (C=O) groups excluding carboxylic acids is 1. The Morgan fingerprint density at radius 2 is 1.66 bits per heavy atom. The van der Waals surface area contributed by atoms with Crippen molar-refractivity contribution in [3.8, 4) is 11.5 Å². The highest BCUT2D eigenvalue weighted by Gasteiger charge is 2.24. The number of ether oxygens (including phenoxy) is 2. The monoisotopic (exact) mass is 454 g/mol. The molecule has 0 spiro atoms. The van der Waals surface area contributed by atoms with Gasteiger partial charge in [0.15, 0.2) is 17.1 Å². The molecular formula is C24H30N4O3S. The average Bonchev–Trinajstić information content (AvgIpc) is 3.16. The maximum atomic E-state index is 12.7. The number of rotatable bonds is 10. The Balaban J connectivity index is 1.74. The van der Waals surface area contributed by atoms with E-state index in [-0.39, 0.29) is 17.3 Å². The second-order valence-corrected chi connectivity index (χ2v) is 9.20. The highest BCUT2D eigenvalue weighted by atomic mass is 32.2. The summed E-state index contributed by atoms with van der Waals surface area (Å²) < 4.78 is 13.4. The summed E-state index contributed by atoms with van der Waals surface area (Å²) in [4.78, 5) is 12.7. The number of thioether (sulfide) groups is 1. The quantitative estimate of drug-likeness (QED) is 0.424. The Hall–Kier alpha value is -3.00. The van der Waals surface area contributed by atoms with Gasteiger partial charge in [-0.25, -0.2) is 0 Å². The Bertz CT molecular complexity index is 1010. The Morgan fingerprint density at radius 3 is 2.28 bits per heavy atom. The number of nitrogens with one attached hydrogen (secondary N) is 1. The Labute approximate surface area is 193 Å². The van der Waals surface area contributed by atoms with Crippen LogP contribution in [-0.2, 0) is 11.3 Å². The number of carbonyl (C=O) groups is 1. The predicted molar refractivity (Wildman–Crippen MR) is 127 cm³/mol. The van der Waals surface area contributed by atoms with Crippen molar-refractivity contribution in [2.24, 2.45) is 5.92 Å². The van der Waals surface area contributed by atoms with E-state index < -0.39 is 0 Å². The van der Waals surface area contributed by atoms with Crippen LogP contribution in [0, 0.1) is 5.92 Å². The minimum atomic E-state index is -0.337. The molecule has 0 aliphatic heterocycles. The molecule has 0 radical (unpaired) electrons. The van der Waals surface area contributed by atoms with Crippen LogP contribution in [0.25, 0.3) is 0 Å². The van der Waals surface area contributed by atoms with Gasteiger partial charge in [-0.05, 0) is 56.2 Å². The number of hydrogen-bond donors (Lipinski definition) is 1. The fourth-order valence-corrected chi connectivity index (χ4v) is 3.98. The molecule has 0 saturated heterocycles. The van der Waals surface area contributed by atoms with Gasteiger partial charge in [0.1, 0.15) is 11.5 Å². The summed E-state index contributed by atoms with van der Waals surface area (Å²) in [5.41, 5.74) is 0.774. The summed E-state index contributed by atoms with van der Waals surface area (Å²) in [6.07, 6.45) is -0.308. The first kappa shape index (κ1) is 23.7. The smallest absolute Gasteiger partial charge is 0.237 e. The number of nitrogens with zero attached hydrogens (tertiary/aromatic N) is 3. The molecule has 2 aromatic carbocycles. The number of para-hydroxylation sites is 1. The van der Waals surface area contributed by atoms with E-state index in [1.165, 1.54) is 11.8 Å². The fraction of sp³-hybridized carbons (Fsp3) is 0.375. The topological polar surface area (TPSA) is 78.3 Å². The Morgan fingerprint density at radius 1 is 1.00 bits per heavy atom. The lowest BCUT2D eigenvalue weighted by Crippen LogP contribution is -2.23. The molecule has 2 unspecified atom stereocenters. The van der Waals surface area contributed by atoms with Crippen LogP contribution < -0.4 is 14.8 Å². The third-order valence-electron chi connectivity index (χ3n) is 4.72. The third kappa shape index (κ3) is 6.26. The van der Waals surface area contributed by atoms with Gasteiger partial charge in [0.05, 0.1) is 12.4 Å². The zero-order valence-electron chi connectivity index (χ0n) is 19.1. The molecule has 0 saturated carbocycles. The van der Waals surface area contributed by atoms with Gasteiger partial charge < -0.3 is 19.4 Å². The summed E-state index contributed by atoms with van der Waals surface area (Å²) in [6, 6.07) is 16.9. The number of hydrogen-bond acceptors (Lipinski definition) is 6. The van der Waals surface area contributed by atoms with Crippen LogP contribution in [0.15, 0.2) is 59.8 Å². The minimum absolute atomic E-state index is 0.0793. The van der Waals surface area contributed by atoms with Crippen LogP contribution in [0.1, 0.15) is 39.6 Å². The van der Waals surface area contributed by atoms with Gasteiger partial charge in [-0.2, -0.15) is 0 Å². The molecule has 32 heavy (non-hydrogen) atoms. The van der Waals surface area contributed by atoms with Gasteiger partial charge in [-0.1, -0.05) is 43.8 Å². The van der Waals surface area contributed by atoms with Crippen molar-refractivity contribution in [1.29, 1.82) is 0 Å². The highest BCUT2D eigenvalue weighted by molar-refractivity contribution is 8.00. The lowest BCUT2D eigenvalue weighted by molar-refractivity contribution is -0.115. The molecule has 3 aromatic rings. The van der Waals surface area contributed by atoms with E-state index in [0.29, 0.717) is 11.1 Å². The van der Waals surface area contributed by atoms with Crippen LogP contribution in [0.2, 0.25) is 0 Å². The molecule has 0 aliphatic rings. The van der Waals surface area contributed by atoms with Crippen molar-refractivity contribution in [2.75, 3.05) is 12.4 Å². The molecule has 7 nitrogen and oxygen atoms in total. The summed E-state index contributed by atoms with van der Waals surface area (Å²) in [7, 11) is 1.63. The molecule has 1 amide bonds. The van der Waals surface area contributed by atoms with E-state index >= 15 is 0 Å². The van der Waals surface area contributed by atoms with Crippen molar-refractivity contribution >= 4 is 23.4 Å². The number of anilines is 1. The Kier molecular flexibility index (Phi) is 8.16. The normalized spacial score (nSPS) is 12.9. The maximum absolute atomic E-state index is 12.7. The van der Waals surface area contributed by atoms with E-state index in [9.17, 15) is 4.79 Å². The summed E-state index contributed by atoms with van der Waals surface area (Å²) >= 11 is 1.39. The van der Waals surface area contributed by atoms with Crippen LogP contribution in [0.3, 0.4) is 0 Å². The molecule has 1 aromatic heterocycles. The fourth-order valence-electron chi connectivity index (χ4n) is 3.11. The van der Waals surface area contributed by atoms with Gasteiger partial charge in [-0.3, -0.25) is 4.79 Å². The molecular weight excluding hydrogens is 424 g/mol. The number of amides is 1. The number of methoxy groups -OCH3 is 1. The third-order valence-corrected chi connectivity index (χ3v) is 5.80. The average molecular weight is 455 g/mol. The first-order chi connectivity index (χ1) is 15.4. The van der Waals surface area contributed by atoms with E-state index in [2.05, 4.69) is 33.9 Å². The van der Waals surface area contributed by atoms with E-state index in [0.717, 1.165) is 29.6 Å². The first-order valence-electron chi connectivity index (χ1n) is 10.6. The summed E-state index contributed by atoms with van der Waals surface area (Å²) in [5, 5.41) is 12.1. The van der Waals surface area contributed by atoms with E-state index in [1.807, 2.05) is 68.4 Å². The summed E-state index contributed by atoms with van der Waals surface area (Å²) in [5.74, 6) is 2.53. The van der Waals surface area contributed by atoms with Crippen LogP contribution in [-0.4, -0.2) is 33.0 Å². The lowest BCUT2D eigenvalue weighted by Gasteiger charge is -2.19. The zero-order chi connectivity index (χ0) is 23.1. The molecule has 170 valence electrons. The van der Waals surface area contributed by atoms with Gasteiger partial charge in [0.25, 0.3) is 0 Å². The van der Waals surface area contributed by atoms with Gasteiger partial charge in [0, 0.05) is 12.2 Å². The SMILES string of the molecule is COc1ccc(OC(C)c2nnc(SC(C)C(=O)Nc3ccccc3)n2CC(C)C)cc1. The van der Waals surface area contributed by atoms with Gasteiger partial charge in [0.2, 0.25) is 5.91 Å². The molecule has 0 aliphatic carbocycles. The molecule has 0 bridgehead atoms. The van der Waals surface area contributed by atoms with Crippen LogP contribution >= 0.6 is 11.8 Å². The largest absolute Gasteiger partial charge is 0.497 e. The minimum Gasteiger partial charge on any atom is -0.497 e. The van der Waals surface area contributed by atoms with E-state index in [1.54, 1.807) is 7.11 Å². The van der Waals surface area contributed by atoms with Crippen molar-refractivity contribution in [1.82, 2.24) is 14.8 Å². The first-order valence-corrected chi connectivity index (χ1v) is 11.5.